The Morgan fingerprint density at radius 3 is 2.26 bits per heavy atom. The normalized spacial score (nSPS) is 12.0. The lowest BCUT2D eigenvalue weighted by atomic mass is 10.2. The number of benzene rings is 2. The lowest BCUT2D eigenvalue weighted by Gasteiger charge is -2.21. The van der Waals surface area contributed by atoms with Crippen molar-refractivity contribution in [2.24, 2.45) is 0 Å². The van der Waals surface area contributed by atoms with Gasteiger partial charge in [-0.15, -0.1) is 0 Å². The fourth-order valence-corrected chi connectivity index (χ4v) is 2.24. The van der Waals surface area contributed by atoms with Crippen LogP contribution in [-0.2, 0) is 9.53 Å². The van der Waals surface area contributed by atoms with E-state index in [1.807, 2.05) is 12.1 Å². The number of anilines is 1. The molecule has 27 heavy (non-hydrogen) atoms. The smallest absolute Gasteiger partial charge is 0.408 e. The molecule has 0 heterocycles. The summed E-state index contributed by atoms with van der Waals surface area (Å²) in [7, 11) is 0. The van der Waals surface area contributed by atoms with Crippen LogP contribution in [0.5, 0.6) is 11.5 Å². The number of rotatable bonds is 5. The summed E-state index contributed by atoms with van der Waals surface area (Å²) in [5.41, 5.74) is -0.0538. The summed E-state index contributed by atoms with van der Waals surface area (Å²) in [6.07, 6.45) is -0.645. The van der Waals surface area contributed by atoms with Crippen molar-refractivity contribution in [3.8, 4) is 11.5 Å². The molecule has 0 fully saturated rings. The highest BCUT2D eigenvalue weighted by atomic mass is 35.5. The third-order valence-electron chi connectivity index (χ3n) is 3.31. The predicted octanol–water partition coefficient (Wildman–Crippen LogP) is 4.98. The second-order valence-corrected chi connectivity index (χ2v) is 7.32. The van der Waals surface area contributed by atoms with Crippen LogP contribution in [0.4, 0.5) is 10.5 Å². The minimum absolute atomic E-state index is 0.361. The number of carbonyl (C=O) groups excluding carboxylic acids is 2. The predicted molar refractivity (Wildman–Crippen MR) is 105 cm³/mol. The molecule has 0 aliphatic rings. The molecule has 144 valence electrons. The maximum absolute atomic E-state index is 12.2. The number of para-hydroxylation sites is 1. The van der Waals surface area contributed by atoms with Crippen molar-refractivity contribution in [3.05, 3.63) is 53.6 Å². The molecule has 0 bridgehead atoms. The second-order valence-electron chi connectivity index (χ2n) is 6.91. The molecule has 0 aliphatic carbocycles. The van der Waals surface area contributed by atoms with Crippen LogP contribution in [0.25, 0.3) is 0 Å². The fourth-order valence-electron chi connectivity index (χ4n) is 2.06. The molecule has 2 aromatic carbocycles. The van der Waals surface area contributed by atoms with Gasteiger partial charge >= 0.3 is 6.09 Å². The first-order valence-electron chi connectivity index (χ1n) is 8.47. The van der Waals surface area contributed by atoms with E-state index in [1.165, 1.54) is 0 Å². The van der Waals surface area contributed by atoms with Crippen molar-refractivity contribution in [2.45, 2.75) is 39.3 Å². The number of hydrogen-bond acceptors (Lipinski definition) is 4. The zero-order valence-electron chi connectivity index (χ0n) is 15.7. The van der Waals surface area contributed by atoms with Crippen LogP contribution in [0.3, 0.4) is 0 Å². The SMILES string of the molecule is C[C@@H](NC(=O)OC(C)(C)C)C(=O)Nc1ccc(Oc2ccccc2Cl)cc1. The molecule has 2 amide bonds. The molecule has 0 aliphatic heterocycles. The van der Waals surface area contributed by atoms with Crippen molar-refractivity contribution in [3.63, 3.8) is 0 Å². The van der Waals surface area contributed by atoms with Gasteiger partial charge in [0.1, 0.15) is 23.1 Å². The number of carbonyl (C=O) groups is 2. The van der Waals surface area contributed by atoms with E-state index in [4.69, 9.17) is 21.1 Å². The molecular formula is C20H23ClN2O4. The van der Waals surface area contributed by atoms with E-state index in [2.05, 4.69) is 10.6 Å². The number of halogens is 1. The molecule has 0 aromatic heterocycles. The maximum Gasteiger partial charge on any atom is 0.408 e. The third-order valence-corrected chi connectivity index (χ3v) is 3.63. The molecule has 2 rings (SSSR count). The van der Waals surface area contributed by atoms with Crippen LogP contribution >= 0.6 is 11.6 Å². The van der Waals surface area contributed by atoms with E-state index in [9.17, 15) is 9.59 Å². The van der Waals surface area contributed by atoms with Crippen LogP contribution in [0.2, 0.25) is 5.02 Å². The van der Waals surface area contributed by atoms with E-state index in [0.29, 0.717) is 22.2 Å². The lowest BCUT2D eigenvalue weighted by molar-refractivity contribution is -0.117. The number of hydrogen-bond donors (Lipinski definition) is 2. The monoisotopic (exact) mass is 390 g/mol. The highest BCUT2D eigenvalue weighted by Gasteiger charge is 2.21. The molecule has 0 saturated carbocycles. The quantitative estimate of drug-likeness (QED) is 0.754. The van der Waals surface area contributed by atoms with Gasteiger partial charge < -0.3 is 20.1 Å². The van der Waals surface area contributed by atoms with E-state index in [0.717, 1.165) is 0 Å². The molecule has 7 heteroatoms. The summed E-state index contributed by atoms with van der Waals surface area (Å²) in [6, 6.07) is 13.2. The van der Waals surface area contributed by atoms with Gasteiger partial charge in [0.25, 0.3) is 0 Å². The van der Waals surface area contributed by atoms with Gasteiger partial charge in [0.2, 0.25) is 5.91 Å². The van der Waals surface area contributed by atoms with Gasteiger partial charge in [-0.2, -0.15) is 0 Å². The van der Waals surface area contributed by atoms with Crippen LogP contribution in [0.15, 0.2) is 48.5 Å². The molecular weight excluding hydrogens is 368 g/mol. The van der Waals surface area contributed by atoms with Crippen LogP contribution in [0.1, 0.15) is 27.7 Å². The number of nitrogens with one attached hydrogen (secondary N) is 2. The van der Waals surface area contributed by atoms with E-state index >= 15 is 0 Å². The Morgan fingerprint density at radius 2 is 1.67 bits per heavy atom. The van der Waals surface area contributed by atoms with Crippen molar-refractivity contribution < 1.29 is 19.1 Å². The van der Waals surface area contributed by atoms with Crippen LogP contribution in [-0.4, -0.2) is 23.6 Å². The van der Waals surface area contributed by atoms with Gasteiger partial charge in [-0.05, 0) is 64.1 Å². The average molecular weight is 391 g/mol. The number of alkyl carbamates (subject to hydrolysis) is 1. The zero-order valence-corrected chi connectivity index (χ0v) is 16.5. The fraction of sp³-hybridized carbons (Fsp3) is 0.300. The first kappa shape index (κ1) is 20.6. The summed E-state index contributed by atoms with van der Waals surface area (Å²) < 4.78 is 10.8. The topological polar surface area (TPSA) is 76.7 Å². The molecule has 1 atom stereocenters. The highest BCUT2D eigenvalue weighted by molar-refractivity contribution is 6.32. The standard InChI is InChI=1S/C20H23ClN2O4/c1-13(22-19(25)27-20(2,3)4)18(24)23-14-9-11-15(12-10-14)26-17-8-6-5-7-16(17)21/h5-13H,1-4H3,(H,22,25)(H,23,24)/t13-/m1/s1. The molecule has 2 aromatic rings. The summed E-state index contributed by atoms with van der Waals surface area (Å²) >= 11 is 6.06. The third kappa shape index (κ3) is 6.83. The van der Waals surface area contributed by atoms with Crippen molar-refractivity contribution in [2.75, 3.05) is 5.32 Å². The zero-order chi connectivity index (χ0) is 20.0. The van der Waals surface area contributed by atoms with Crippen molar-refractivity contribution in [1.82, 2.24) is 5.32 Å². The van der Waals surface area contributed by atoms with Crippen LogP contribution < -0.4 is 15.4 Å². The van der Waals surface area contributed by atoms with E-state index in [1.54, 1.807) is 64.1 Å². The van der Waals surface area contributed by atoms with E-state index in [-0.39, 0.29) is 5.91 Å². The molecule has 0 radical (unpaired) electrons. The molecule has 0 unspecified atom stereocenters. The molecule has 0 saturated heterocycles. The minimum Gasteiger partial charge on any atom is -0.456 e. The van der Waals surface area contributed by atoms with Crippen LogP contribution in [0, 0.1) is 0 Å². The van der Waals surface area contributed by atoms with E-state index < -0.39 is 17.7 Å². The Labute approximate surface area is 163 Å². The van der Waals surface area contributed by atoms with Gasteiger partial charge in [0.15, 0.2) is 0 Å². The largest absolute Gasteiger partial charge is 0.456 e. The Balaban J connectivity index is 1.90. The lowest BCUT2D eigenvalue weighted by Crippen LogP contribution is -2.43. The Morgan fingerprint density at radius 1 is 1.04 bits per heavy atom. The van der Waals surface area contributed by atoms with Gasteiger partial charge in [-0.25, -0.2) is 4.79 Å². The van der Waals surface area contributed by atoms with Gasteiger partial charge in [0.05, 0.1) is 5.02 Å². The molecule has 6 nitrogen and oxygen atoms in total. The minimum atomic E-state index is -0.751. The van der Waals surface area contributed by atoms with Crippen molar-refractivity contribution >= 4 is 29.3 Å². The summed E-state index contributed by atoms with van der Waals surface area (Å²) in [4.78, 5) is 23.9. The number of amides is 2. The van der Waals surface area contributed by atoms with Crippen molar-refractivity contribution in [1.29, 1.82) is 0 Å². The molecule has 2 N–H and O–H groups in total. The maximum atomic E-state index is 12.2. The number of ether oxygens (including phenoxy) is 2. The van der Waals surface area contributed by atoms with Gasteiger partial charge in [0, 0.05) is 5.69 Å². The van der Waals surface area contributed by atoms with Gasteiger partial charge in [-0.1, -0.05) is 23.7 Å². The van der Waals surface area contributed by atoms with Gasteiger partial charge in [-0.3, -0.25) is 4.79 Å². The Bertz CT molecular complexity index is 800. The average Bonchev–Trinajstić information content (AvgIpc) is 2.56. The Hall–Kier alpha value is -2.73. The summed E-state index contributed by atoms with van der Waals surface area (Å²) in [6.45, 7) is 6.84. The summed E-state index contributed by atoms with van der Waals surface area (Å²) in [5.74, 6) is 0.771. The highest BCUT2D eigenvalue weighted by Crippen LogP contribution is 2.29. The first-order chi connectivity index (χ1) is 12.6. The first-order valence-corrected chi connectivity index (χ1v) is 8.85. The second kappa shape index (κ2) is 8.77. The summed E-state index contributed by atoms with van der Waals surface area (Å²) in [5, 5.41) is 5.73. The molecule has 0 spiro atoms. The Kier molecular flexibility index (Phi) is 6.69.